The summed E-state index contributed by atoms with van der Waals surface area (Å²) in [6.07, 6.45) is 0. The number of carbonyl (C=O) groups is 1. The first kappa shape index (κ1) is 11.2. The van der Waals surface area contributed by atoms with E-state index in [0.717, 1.165) is 0 Å². The summed E-state index contributed by atoms with van der Waals surface area (Å²) < 4.78 is 0. The number of hydrogen-bond donors (Lipinski definition) is 3. The maximum atomic E-state index is 10.6. The van der Waals surface area contributed by atoms with Crippen molar-refractivity contribution in [2.45, 2.75) is 26.4 Å². The standard InChI is InChI=1S/C6H16N4O2/c1-6(2,3)12-10(4)9-5(11)8-7/h7H2,1-4H3,(H2,8,9,11). The van der Waals surface area contributed by atoms with Gasteiger partial charge in [0, 0.05) is 7.05 Å². The Hall–Kier alpha value is -0.850. The molecule has 12 heavy (non-hydrogen) atoms. The minimum atomic E-state index is -0.526. The van der Waals surface area contributed by atoms with Gasteiger partial charge in [0.1, 0.15) is 0 Å². The minimum absolute atomic E-state index is 0.351. The van der Waals surface area contributed by atoms with Gasteiger partial charge >= 0.3 is 6.03 Å². The van der Waals surface area contributed by atoms with E-state index >= 15 is 0 Å². The number of hydrogen-bond acceptors (Lipinski definition) is 4. The summed E-state index contributed by atoms with van der Waals surface area (Å²) in [4.78, 5) is 15.9. The number of carbonyl (C=O) groups excluding carboxylic acids is 1. The smallest absolute Gasteiger partial charge is 0.275 e. The van der Waals surface area contributed by atoms with E-state index in [1.807, 2.05) is 26.2 Å². The van der Waals surface area contributed by atoms with Crippen LogP contribution in [0.3, 0.4) is 0 Å². The van der Waals surface area contributed by atoms with Crippen LogP contribution in [0.15, 0.2) is 0 Å². The molecule has 0 saturated carbocycles. The van der Waals surface area contributed by atoms with Crippen molar-refractivity contribution in [3.8, 4) is 0 Å². The molecule has 6 heteroatoms. The van der Waals surface area contributed by atoms with Crippen LogP contribution in [0.4, 0.5) is 4.79 Å². The summed E-state index contributed by atoms with van der Waals surface area (Å²) in [6.45, 7) is 5.60. The van der Waals surface area contributed by atoms with Crippen molar-refractivity contribution in [3.63, 3.8) is 0 Å². The first-order chi connectivity index (χ1) is 5.35. The summed E-state index contributed by atoms with van der Waals surface area (Å²) in [6, 6.07) is -0.526. The van der Waals surface area contributed by atoms with Crippen molar-refractivity contribution in [2.24, 2.45) is 5.84 Å². The molecule has 0 aromatic carbocycles. The van der Waals surface area contributed by atoms with E-state index in [0.29, 0.717) is 0 Å². The van der Waals surface area contributed by atoms with Crippen LogP contribution >= 0.6 is 0 Å². The maximum Gasteiger partial charge on any atom is 0.345 e. The zero-order valence-corrected chi connectivity index (χ0v) is 7.84. The van der Waals surface area contributed by atoms with Gasteiger partial charge in [-0.1, -0.05) is 0 Å². The van der Waals surface area contributed by atoms with E-state index in [1.54, 1.807) is 7.05 Å². The Bertz CT molecular complexity index is 154. The van der Waals surface area contributed by atoms with Crippen molar-refractivity contribution in [1.82, 2.24) is 16.0 Å². The van der Waals surface area contributed by atoms with E-state index in [1.165, 1.54) is 5.17 Å². The summed E-state index contributed by atoms with van der Waals surface area (Å²) in [5, 5.41) is 1.20. The Morgan fingerprint density at radius 2 is 2.00 bits per heavy atom. The highest BCUT2D eigenvalue weighted by molar-refractivity contribution is 5.72. The predicted molar refractivity (Wildman–Crippen MR) is 44.5 cm³/mol. The van der Waals surface area contributed by atoms with Crippen molar-refractivity contribution < 1.29 is 9.63 Å². The number of amides is 2. The van der Waals surface area contributed by atoms with Gasteiger partial charge in [0.25, 0.3) is 0 Å². The second-order valence-electron chi connectivity index (χ2n) is 3.29. The number of nitrogens with one attached hydrogen (secondary N) is 2. The first-order valence-corrected chi connectivity index (χ1v) is 3.55. The lowest BCUT2D eigenvalue weighted by molar-refractivity contribution is -0.233. The van der Waals surface area contributed by atoms with Gasteiger partial charge in [0.2, 0.25) is 0 Å². The normalized spacial score (nSPS) is 11.5. The quantitative estimate of drug-likeness (QED) is 0.307. The molecule has 0 rings (SSSR count). The van der Waals surface area contributed by atoms with Gasteiger partial charge in [-0.3, -0.25) is 10.3 Å². The van der Waals surface area contributed by atoms with Crippen molar-refractivity contribution in [1.29, 1.82) is 0 Å². The highest BCUT2D eigenvalue weighted by atomic mass is 16.7. The topological polar surface area (TPSA) is 79.6 Å². The molecule has 0 aromatic rings. The Morgan fingerprint density at radius 3 is 2.33 bits per heavy atom. The second-order valence-corrected chi connectivity index (χ2v) is 3.29. The molecule has 0 aliphatic heterocycles. The number of urea groups is 1. The summed E-state index contributed by atoms with van der Waals surface area (Å²) in [7, 11) is 1.57. The van der Waals surface area contributed by atoms with Crippen LogP contribution in [-0.4, -0.2) is 23.9 Å². The van der Waals surface area contributed by atoms with Crippen LogP contribution in [0.5, 0.6) is 0 Å². The van der Waals surface area contributed by atoms with Gasteiger partial charge in [-0.2, -0.15) is 0 Å². The van der Waals surface area contributed by atoms with Crippen LogP contribution in [0.25, 0.3) is 0 Å². The molecule has 6 nitrogen and oxygen atoms in total. The molecule has 2 amide bonds. The predicted octanol–water partition coefficient (Wildman–Crippen LogP) is -0.264. The van der Waals surface area contributed by atoms with Crippen molar-refractivity contribution >= 4 is 6.03 Å². The fraction of sp³-hybridized carbons (Fsp3) is 0.833. The SMILES string of the molecule is CN(NC(=O)NN)OC(C)(C)C. The Labute approximate surface area is 71.9 Å². The molecule has 72 valence electrons. The van der Waals surface area contributed by atoms with Crippen molar-refractivity contribution in [3.05, 3.63) is 0 Å². The Morgan fingerprint density at radius 1 is 1.50 bits per heavy atom. The van der Waals surface area contributed by atoms with Gasteiger partial charge in [-0.25, -0.2) is 16.1 Å². The van der Waals surface area contributed by atoms with Crippen LogP contribution in [0.1, 0.15) is 20.8 Å². The average Bonchev–Trinajstić information content (AvgIpc) is 1.82. The average molecular weight is 176 g/mol. The lowest BCUT2D eigenvalue weighted by Gasteiger charge is -2.26. The molecule has 0 bridgehead atoms. The highest BCUT2D eigenvalue weighted by Gasteiger charge is 2.14. The fourth-order valence-corrected chi connectivity index (χ4v) is 0.609. The number of nitrogens with zero attached hydrogens (tertiary/aromatic N) is 1. The first-order valence-electron chi connectivity index (χ1n) is 3.55. The van der Waals surface area contributed by atoms with E-state index in [-0.39, 0.29) is 5.60 Å². The summed E-state index contributed by atoms with van der Waals surface area (Å²) in [5.41, 5.74) is 3.88. The Balaban J connectivity index is 3.74. The molecule has 0 aliphatic rings. The maximum absolute atomic E-state index is 10.6. The summed E-state index contributed by atoms with van der Waals surface area (Å²) in [5.74, 6) is 4.84. The van der Waals surface area contributed by atoms with Crippen LogP contribution < -0.4 is 16.7 Å². The van der Waals surface area contributed by atoms with Gasteiger partial charge < -0.3 is 0 Å². The third-order valence-corrected chi connectivity index (χ3v) is 0.801. The largest absolute Gasteiger partial charge is 0.345 e. The number of hydrazine groups is 2. The Kier molecular flexibility index (Phi) is 3.94. The van der Waals surface area contributed by atoms with Gasteiger partial charge in [-0.15, -0.1) is 5.17 Å². The molecule has 0 atom stereocenters. The molecule has 0 aromatic heterocycles. The molecule has 0 aliphatic carbocycles. The van der Waals surface area contributed by atoms with Crippen LogP contribution in [-0.2, 0) is 4.84 Å². The van der Waals surface area contributed by atoms with Crippen molar-refractivity contribution in [2.75, 3.05) is 7.05 Å². The number of hydroxylamine groups is 1. The van der Waals surface area contributed by atoms with E-state index in [4.69, 9.17) is 10.7 Å². The molecule has 0 radical (unpaired) electrons. The molecular formula is C6H16N4O2. The fourth-order valence-electron chi connectivity index (χ4n) is 0.609. The zero-order chi connectivity index (χ0) is 9.78. The molecule has 0 spiro atoms. The second kappa shape index (κ2) is 4.24. The van der Waals surface area contributed by atoms with E-state index in [9.17, 15) is 4.79 Å². The number of nitrogens with two attached hydrogens (primary N) is 1. The van der Waals surface area contributed by atoms with Crippen LogP contribution in [0.2, 0.25) is 0 Å². The molecule has 0 fully saturated rings. The highest BCUT2D eigenvalue weighted by Crippen LogP contribution is 2.06. The molecule has 0 unspecified atom stereocenters. The molecule has 0 saturated heterocycles. The lowest BCUT2D eigenvalue weighted by Crippen LogP contribution is -2.49. The van der Waals surface area contributed by atoms with Gasteiger partial charge in [0.05, 0.1) is 5.60 Å². The number of rotatable bonds is 2. The van der Waals surface area contributed by atoms with Crippen LogP contribution in [0, 0.1) is 0 Å². The third kappa shape index (κ3) is 5.90. The molecule has 0 heterocycles. The minimum Gasteiger partial charge on any atom is -0.275 e. The monoisotopic (exact) mass is 176 g/mol. The zero-order valence-electron chi connectivity index (χ0n) is 7.84. The van der Waals surface area contributed by atoms with E-state index in [2.05, 4.69) is 5.43 Å². The molecule has 4 N–H and O–H groups in total. The van der Waals surface area contributed by atoms with Gasteiger partial charge in [0.15, 0.2) is 0 Å². The van der Waals surface area contributed by atoms with E-state index < -0.39 is 6.03 Å². The summed E-state index contributed by atoms with van der Waals surface area (Å²) >= 11 is 0. The van der Waals surface area contributed by atoms with Gasteiger partial charge in [-0.05, 0) is 20.8 Å². The molecular weight excluding hydrogens is 160 g/mol. The third-order valence-electron chi connectivity index (χ3n) is 0.801. The lowest BCUT2D eigenvalue weighted by atomic mass is 10.2.